The van der Waals surface area contributed by atoms with E-state index < -0.39 is 47.8 Å². The molecule has 5 nitrogen and oxygen atoms in total. The van der Waals surface area contributed by atoms with Crippen LogP contribution in [0.3, 0.4) is 0 Å². The van der Waals surface area contributed by atoms with Crippen LogP contribution in [0, 0.1) is 11.7 Å². The highest BCUT2D eigenvalue weighted by molar-refractivity contribution is 5.88. The Morgan fingerprint density at radius 1 is 1.17 bits per heavy atom. The number of pyridine rings is 1. The van der Waals surface area contributed by atoms with Crippen LogP contribution in [0.25, 0.3) is 10.9 Å². The van der Waals surface area contributed by atoms with Crippen molar-refractivity contribution in [1.29, 1.82) is 0 Å². The van der Waals surface area contributed by atoms with Gasteiger partial charge < -0.3 is 9.88 Å². The van der Waals surface area contributed by atoms with E-state index in [9.17, 15) is 26.7 Å². The number of hydrogen-bond acceptors (Lipinski definition) is 4. The lowest BCUT2D eigenvalue weighted by Crippen LogP contribution is -2.20. The molecule has 1 aliphatic rings. The average molecular weight is 424 g/mol. The largest absolute Gasteiger partial charge is 0.363 e. The van der Waals surface area contributed by atoms with Crippen molar-refractivity contribution in [3.05, 3.63) is 64.1 Å². The van der Waals surface area contributed by atoms with Crippen LogP contribution < -0.4 is 10.9 Å². The van der Waals surface area contributed by atoms with Crippen LogP contribution in [0.5, 0.6) is 0 Å². The lowest BCUT2D eigenvalue weighted by Gasteiger charge is -2.18. The van der Waals surface area contributed by atoms with Crippen LogP contribution in [0.15, 0.2) is 41.6 Å². The molecule has 1 fully saturated rings. The SMILES string of the molecule is C[C@@H](Nc1ncnc2cc(=O)n([C@H]3C[C@@H]3C(F)F)cc12)c1cccc(C(F)F)c1F. The molecule has 1 aliphatic carbocycles. The number of nitrogens with one attached hydrogen (secondary N) is 1. The summed E-state index contributed by atoms with van der Waals surface area (Å²) in [6, 6.07) is 3.63. The fourth-order valence-electron chi connectivity index (χ4n) is 3.57. The highest BCUT2D eigenvalue weighted by Crippen LogP contribution is 2.46. The number of alkyl halides is 4. The number of benzene rings is 1. The third-order valence-electron chi connectivity index (χ3n) is 5.30. The fourth-order valence-corrected chi connectivity index (χ4v) is 3.57. The number of anilines is 1. The molecule has 158 valence electrons. The van der Waals surface area contributed by atoms with Crippen molar-refractivity contribution in [3.63, 3.8) is 0 Å². The van der Waals surface area contributed by atoms with E-state index in [0.29, 0.717) is 5.39 Å². The predicted molar refractivity (Wildman–Crippen MR) is 100 cm³/mol. The molecular formula is C20H17F5N4O. The Bertz CT molecular complexity index is 1150. The van der Waals surface area contributed by atoms with Crippen LogP contribution in [0.1, 0.15) is 43.0 Å². The van der Waals surface area contributed by atoms with Crippen molar-refractivity contribution in [1.82, 2.24) is 14.5 Å². The zero-order valence-electron chi connectivity index (χ0n) is 15.7. The summed E-state index contributed by atoms with van der Waals surface area (Å²) in [5.41, 5.74) is -0.844. The highest BCUT2D eigenvalue weighted by Gasteiger charge is 2.46. The van der Waals surface area contributed by atoms with Crippen LogP contribution in [0.4, 0.5) is 27.8 Å². The van der Waals surface area contributed by atoms with E-state index in [1.807, 2.05) is 0 Å². The summed E-state index contributed by atoms with van der Waals surface area (Å²) in [5.74, 6) is -1.66. The van der Waals surface area contributed by atoms with Crippen molar-refractivity contribution < 1.29 is 22.0 Å². The molecule has 4 rings (SSSR count). The second-order valence-electron chi connectivity index (χ2n) is 7.26. The molecule has 1 saturated carbocycles. The topological polar surface area (TPSA) is 59.8 Å². The van der Waals surface area contributed by atoms with Crippen molar-refractivity contribution in [3.8, 4) is 0 Å². The van der Waals surface area contributed by atoms with Crippen molar-refractivity contribution in [2.24, 2.45) is 5.92 Å². The van der Waals surface area contributed by atoms with Crippen molar-refractivity contribution in [2.45, 2.75) is 38.3 Å². The predicted octanol–water partition coefficient (Wildman–Crippen LogP) is 4.87. The highest BCUT2D eigenvalue weighted by atomic mass is 19.3. The summed E-state index contributed by atoms with van der Waals surface area (Å²) < 4.78 is 67.5. The van der Waals surface area contributed by atoms with Crippen LogP contribution in [-0.4, -0.2) is 21.0 Å². The first-order chi connectivity index (χ1) is 14.3. The molecule has 3 atom stereocenters. The van der Waals surface area contributed by atoms with Crippen LogP contribution >= 0.6 is 0 Å². The number of rotatable bonds is 6. The Morgan fingerprint density at radius 2 is 1.90 bits per heavy atom. The number of halogens is 5. The Hall–Kier alpha value is -3.04. The zero-order valence-corrected chi connectivity index (χ0v) is 15.7. The van der Waals surface area contributed by atoms with E-state index >= 15 is 0 Å². The van der Waals surface area contributed by atoms with Crippen LogP contribution in [0.2, 0.25) is 0 Å². The number of hydrogen-bond donors (Lipinski definition) is 1. The molecule has 0 amide bonds. The maximum absolute atomic E-state index is 14.5. The van der Waals surface area contributed by atoms with E-state index in [1.165, 1.54) is 35.3 Å². The van der Waals surface area contributed by atoms with Gasteiger partial charge in [-0.2, -0.15) is 0 Å². The van der Waals surface area contributed by atoms with Gasteiger partial charge in [0.2, 0.25) is 6.43 Å². The van der Waals surface area contributed by atoms with Gasteiger partial charge in [0.1, 0.15) is 18.0 Å². The minimum Gasteiger partial charge on any atom is -0.363 e. The molecule has 30 heavy (non-hydrogen) atoms. The Kier molecular flexibility index (Phi) is 5.17. The third-order valence-corrected chi connectivity index (χ3v) is 5.30. The van der Waals surface area contributed by atoms with E-state index in [2.05, 4.69) is 15.3 Å². The Morgan fingerprint density at radius 3 is 2.57 bits per heavy atom. The van der Waals surface area contributed by atoms with Gasteiger partial charge in [0.15, 0.2) is 0 Å². The third kappa shape index (κ3) is 3.61. The first kappa shape index (κ1) is 20.2. The molecule has 0 bridgehead atoms. The molecule has 2 aromatic heterocycles. The molecule has 2 heterocycles. The molecule has 1 aromatic carbocycles. The standard InChI is InChI=1S/C20H17F5N4O/c1-9(10-3-2-4-11(17(10)21)18(22)23)28-20-13-7-29(15-5-12(15)19(24)25)16(30)6-14(13)26-8-27-20/h2-4,6-9,12,15,18-19H,5H2,1H3,(H,26,27,28)/t9-,12+,15+/m1/s1. The van der Waals surface area contributed by atoms with Crippen molar-refractivity contribution in [2.75, 3.05) is 5.32 Å². The van der Waals surface area contributed by atoms with Crippen LogP contribution in [-0.2, 0) is 0 Å². The minimum atomic E-state index is -2.95. The first-order valence-electron chi connectivity index (χ1n) is 9.26. The van der Waals surface area contributed by atoms with Crippen molar-refractivity contribution >= 4 is 16.7 Å². The van der Waals surface area contributed by atoms with Gasteiger partial charge in [0.25, 0.3) is 12.0 Å². The van der Waals surface area contributed by atoms with Gasteiger partial charge in [-0.25, -0.2) is 31.9 Å². The normalized spacial score (nSPS) is 19.5. The zero-order chi connectivity index (χ0) is 21.6. The smallest absolute Gasteiger partial charge is 0.266 e. The molecule has 0 spiro atoms. The molecule has 0 aliphatic heterocycles. The maximum atomic E-state index is 14.5. The Balaban J connectivity index is 1.70. The lowest BCUT2D eigenvalue weighted by molar-refractivity contribution is 0.116. The maximum Gasteiger partial charge on any atom is 0.266 e. The Labute approximate surface area is 167 Å². The molecule has 1 N–H and O–H groups in total. The molecule has 0 unspecified atom stereocenters. The summed E-state index contributed by atoms with van der Waals surface area (Å²) in [6.07, 6.45) is -2.67. The van der Waals surface area contributed by atoms with Gasteiger partial charge in [-0.05, 0) is 13.3 Å². The van der Waals surface area contributed by atoms with Gasteiger partial charge in [-0.1, -0.05) is 18.2 Å². The second-order valence-corrected chi connectivity index (χ2v) is 7.26. The molecule has 0 radical (unpaired) electrons. The summed E-state index contributed by atoms with van der Waals surface area (Å²) in [4.78, 5) is 20.4. The number of fused-ring (bicyclic) bond motifs is 1. The minimum absolute atomic E-state index is 0.0211. The fraction of sp³-hybridized carbons (Fsp3) is 0.350. The molecule has 0 saturated heterocycles. The van der Waals surface area contributed by atoms with Gasteiger partial charge >= 0.3 is 0 Å². The summed E-state index contributed by atoms with van der Waals surface area (Å²) in [6.45, 7) is 1.57. The first-order valence-corrected chi connectivity index (χ1v) is 9.26. The molecule has 3 aromatic rings. The van der Waals surface area contributed by atoms with E-state index in [0.717, 1.165) is 6.07 Å². The number of nitrogens with zero attached hydrogens (tertiary/aromatic N) is 3. The second kappa shape index (κ2) is 7.66. The van der Waals surface area contributed by atoms with Gasteiger partial charge in [0.05, 0.1) is 22.5 Å². The summed E-state index contributed by atoms with van der Waals surface area (Å²) in [7, 11) is 0. The summed E-state index contributed by atoms with van der Waals surface area (Å²) >= 11 is 0. The lowest BCUT2D eigenvalue weighted by atomic mass is 10.0. The quantitative estimate of drug-likeness (QED) is 0.574. The van der Waals surface area contributed by atoms with Gasteiger partial charge in [-0.15, -0.1) is 0 Å². The number of aromatic nitrogens is 3. The molecular weight excluding hydrogens is 407 g/mol. The van der Waals surface area contributed by atoms with E-state index in [1.54, 1.807) is 6.92 Å². The van der Waals surface area contributed by atoms with Gasteiger partial charge in [0, 0.05) is 29.8 Å². The summed E-state index contributed by atoms with van der Waals surface area (Å²) in [5, 5.41) is 3.33. The average Bonchev–Trinajstić information content (AvgIpc) is 3.48. The molecule has 10 heteroatoms. The van der Waals surface area contributed by atoms with E-state index in [4.69, 9.17) is 0 Å². The van der Waals surface area contributed by atoms with Gasteiger partial charge in [-0.3, -0.25) is 4.79 Å². The monoisotopic (exact) mass is 424 g/mol. The van der Waals surface area contributed by atoms with E-state index in [-0.39, 0.29) is 23.3 Å².